The third kappa shape index (κ3) is 3.51. The summed E-state index contributed by atoms with van der Waals surface area (Å²) in [6, 6.07) is 15.3. The monoisotopic (exact) mass is 445 g/mol. The molecule has 1 unspecified atom stereocenters. The summed E-state index contributed by atoms with van der Waals surface area (Å²) < 4.78 is 17.1. The first-order chi connectivity index (χ1) is 16.0. The van der Waals surface area contributed by atoms with Crippen LogP contribution in [0.5, 0.6) is 23.0 Å². The summed E-state index contributed by atoms with van der Waals surface area (Å²) in [5, 5.41) is 10.3. The lowest BCUT2D eigenvalue weighted by atomic mass is 9.95. The molecule has 1 N–H and O–H groups in total. The fraction of sp³-hybridized carbons (Fsp3) is 0.296. The summed E-state index contributed by atoms with van der Waals surface area (Å²) in [5.74, 6) is 1.41. The Bertz CT molecular complexity index is 1260. The van der Waals surface area contributed by atoms with E-state index in [0.29, 0.717) is 17.2 Å². The van der Waals surface area contributed by atoms with Crippen LogP contribution in [0.4, 0.5) is 0 Å². The van der Waals surface area contributed by atoms with Crippen molar-refractivity contribution in [3.8, 4) is 34.1 Å². The van der Waals surface area contributed by atoms with E-state index in [1.54, 1.807) is 27.4 Å². The lowest BCUT2D eigenvalue weighted by molar-refractivity contribution is 0.191. The zero-order chi connectivity index (χ0) is 23.1. The maximum atomic E-state index is 12.7. The fourth-order valence-corrected chi connectivity index (χ4v) is 5.24. The smallest absolute Gasteiger partial charge is 0.220 e. The van der Waals surface area contributed by atoms with Gasteiger partial charge in [-0.25, -0.2) is 0 Å². The van der Waals surface area contributed by atoms with Crippen LogP contribution in [0.3, 0.4) is 0 Å². The van der Waals surface area contributed by atoms with Crippen molar-refractivity contribution in [3.63, 3.8) is 0 Å². The number of rotatable bonds is 4. The second kappa shape index (κ2) is 8.45. The molecule has 0 saturated carbocycles. The van der Waals surface area contributed by atoms with Gasteiger partial charge in [0.1, 0.15) is 0 Å². The Balaban J connectivity index is 1.74. The Hall–Kier alpha value is -3.51. The van der Waals surface area contributed by atoms with Gasteiger partial charge in [0.05, 0.1) is 21.3 Å². The Morgan fingerprint density at radius 1 is 0.879 bits per heavy atom. The number of aromatic hydroxyl groups is 1. The van der Waals surface area contributed by atoms with Gasteiger partial charge in [-0.05, 0) is 58.9 Å². The first-order valence-corrected chi connectivity index (χ1v) is 11.1. The predicted octanol–water partition coefficient (Wildman–Crippen LogP) is 4.45. The topological polar surface area (TPSA) is 68.2 Å². The number of hydrogen-bond donors (Lipinski definition) is 1. The minimum Gasteiger partial charge on any atom is -0.504 e. The van der Waals surface area contributed by atoms with Crippen LogP contribution >= 0.6 is 0 Å². The van der Waals surface area contributed by atoms with Crippen molar-refractivity contribution in [2.45, 2.75) is 32.0 Å². The van der Waals surface area contributed by atoms with E-state index in [4.69, 9.17) is 14.2 Å². The second-order valence-corrected chi connectivity index (χ2v) is 8.50. The van der Waals surface area contributed by atoms with Crippen molar-refractivity contribution >= 4 is 0 Å². The zero-order valence-electron chi connectivity index (χ0n) is 19.1. The SMILES string of the molecule is COc1cc2c(c(OC)c1OC)-c1ccc(O)c(=O)cc1C(N1Cc3ccccc3C1)CC2. The van der Waals surface area contributed by atoms with E-state index in [1.807, 2.05) is 12.1 Å². The van der Waals surface area contributed by atoms with E-state index < -0.39 is 0 Å². The second-order valence-electron chi connectivity index (χ2n) is 8.50. The van der Waals surface area contributed by atoms with Crippen LogP contribution in [0.2, 0.25) is 0 Å². The molecule has 3 aromatic rings. The molecule has 6 heteroatoms. The molecule has 2 aliphatic rings. The van der Waals surface area contributed by atoms with E-state index in [-0.39, 0.29) is 17.2 Å². The molecule has 1 aliphatic carbocycles. The highest BCUT2D eigenvalue weighted by atomic mass is 16.5. The number of aryl methyl sites for hydroxylation is 1. The van der Waals surface area contributed by atoms with Crippen molar-refractivity contribution in [2.75, 3.05) is 21.3 Å². The van der Waals surface area contributed by atoms with Gasteiger partial charge in [0.15, 0.2) is 17.2 Å². The summed E-state index contributed by atoms with van der Waals surface area (Å²) in [6.45, 7) is 1.64. The molecule has 0 radical (unpaired) electrons. The normalized spacial score (nSPS) is 16.9. The van der Waals surface area contributed by atoms with Gasteiger partial charge in [0, 0.05) is 24.7 Å². The molecule has 5 rings (SSSR count). The largest absolute Gasteiger partial charge is 0.504 e. The molecule has 0 aromatic heterocycles. The van der Waals surface area contributed by atoms with Gasteiger partial charge in [0.2, 0.25) is 11.2 Å². The summed E-state index contributed by atoms with van der Waals surface area (Å²) in [6.07, 6.45) is 1.60. The zero-order valence-corrected chi connectivity index (χ0v) is 19.1. The van der Waals surface area contributed by atoms with Gasteiger partial charge in [-0.2, -0.15) is 0 Å². The minimum absolute atomic E-state index is 0.000922. The van der Waals surface area contributed by atoms with Gasteiger partial charge < -0.3 is 19.3 Å². The molecule has 33 heavy (non-hydrogen) atoms. The van der Waals surface area contributed by atoms with Gasteiger partial charge in [-0.3, -0.25) is 9.69 Å². The summed E-state index contributed by atoms with van der Waals surface area (Å²) in [7, 11) is 4.80. The van der Waals surface area contributed by atoms with E-state index >= 15 is 0 Å². The third-order valence-electron chi connectivity index (χ3n) is 6.79. The molecule has 0 fully saturated rings. The summed E-state index contributed by atoms with van der Waals surface area (Å²) in [4.78, 5) is 15.1. The van der Waals surface area contributed by atoms with E-state index in [9.17, 15) is 9.90 Å². The van der Waals surface area contributed by atoms with E-state index in [2.05, 4.69) is 29.2 Å². The van der Waals surface area contributed by atoms with Crippen LogP contribution < -0.4 is 19.6 Å². The maximum absolute atomic E-state index is 12.7. The van der Waals surface area contributed by atoms with Crippen LogP contribution in [0.25, 0.3) is 11.1 Å². The summed E-state index contributed by atoms with van der Waals surface area (Å²) >= 11 is 0. The van der Waals surface area contributed by atoms with Crippen molar-refractivity contribution < 1.29 is 19.3 Å². The predicted molar refractivity (Wildman–Crippen MR) is 126 cm³/mol. The Morgan fingerprint density at radius 2 is 1.58 bits per heavy atom. The molecular weight excluding hydrogens is 418 g/mol. The number of fused-ring (bicyclic) bond motifs is 4. The molecule has 0 amide bonds. The summed E-state index contributed by atoms with van der Waals surface area (Å²) in [5.41, 5.74) is 5.92. The van der Waals surface area contributed by atoms with Gasteiger partial charge in [-0.15, -0.1) is 0 Å². The highest BCUT2D eigenvalue weighted by Gasteiger charge is 2.33. The van der Waals surface area contributed by atoms with E-state index in [1.165, 1.54) is 17.2 Å². The quantitative estimate of drug-likeness (QED) is 0.640. The Morgan fingerprint density at radius 3 is 2.21 bits per heavy atom. The van der Waals surface area contributed by atoms with Crippen molar-refractivity contribution in [2.24, 2.45) is 0 Å². The molecule has 1 atom stereocenters. The Labute approximate surface area is 193 Å². The average molecular weight is 446 g/mol. The average Bonchev–Trinajstić information content (AvgIpc) is 3.13. The van der Waals surface area contributed by atoms with Gasteiger partial charge in [0.25, 0.3) is 0 Å². The highest BCUT2D eigenvalue weighted by molar-refractivity contribution is 5.82. The first kappa shape index (κ1) is 21.3. The third-order valence-corrected chi connectivity index (χ3v) is 6.79. The van der Waals surface area contributed by atoms with Crippen LogP contribution in [0, 0.1) is 0 Å². The number of hydrogen-bond acceptors (Lipinski definition) is 6. The Kier molecular flexibility index (Phi) is 5.46. The van der Waals surface area contributed by atoms with Crippen molar-refractivity contribution in [1.29, 1.82) is 0 Å². The van der Waals surface area contributed by atoms with Crippen LogP contribution in [-0.2, 0) is 19.5 Å². The molecule has 1 heterocycles. The minimum atomic E-state index is -0.388. The molecule has 1 aliphatic heterocycles. The number of methoxy groups -OCH3 is 3. The van der Waals surface area contributed by atoms with Gasteiger partial charge in [-0.1, -0.05) is 30.3 Å². The molecule has 0 bridgehead atoms. The molecule has 6 nitrogen and oxygen atoms in total. The lowest BCUT2D eigenvalue weighted by Crippen LogP contribution is -2.24. The number of benzene rings is 2. The maximum Gasteiger partial charge on any atom is 0.220 e. The highest BCUT2D eigenvalue weighted by Crippen LogP contribution is 2.51. The fourth-order valence-electron chi connectivity index (χ4n) is 5.24. The van der Waals surface area contributed by atoms with Crippen molar-refractivity contribution in [3.05, 3.63) is 81.0 Å². The van der Waals surface area contributed by atoms with Crippen molar-refractivity contribution in [1.82, 2.24) is 4.90 Å². The first-order valence-electron chi connectivity index (χ1n) is 11.1. The van der Waals surface area contributed by atoms with E-state index in [0.717, 1.165) is 48.2 Å². The molecule has 0 saturated heterocycles. The van der Waals surface area contributed by atoms with Crippen LogP contribution in [0.1, 0.15) is 34.7 Å². The lowest BCUT2D eigenvalue weighted by Gasteiger charge is -2.27. The van der Waals surface area contributed by atoms with Crippen LogP contribution in [-0.4, -0.2) is 31.3 Å². The molecule has 0 spiro atoms. The standard InChI is InChI=1S/C27H27NO5/c1-31-24-12-16-8-10-21(28-14-17-6-4-5-7-18(17)15-28)20-13-23(30)22(29)11-9-19(20)25(16)27(33-3)26(24)32-2/h4-7,9,11-13,21H,8,10,14-15H2,1-3H3,(H,29,30). The molecule has 3 aromatic carbocycles. The molecular formula is C27H27NO5. The van der Waals surface area contributed by atoms with Gasteiger partial charge >= 0.3 is 0 Å². The number of ether oxygens (including phenoxy) is 3. The van der Waals surface area contributed by atoms with Crippen LogP contribution in [0.15, 0.2) is 53.3 Å². The number of nitrogens with zero attached hydrogens (tertiary/aromatic N) is 1. The molecule has 170 valence electrons.